The zero-order valence-electron chi connectivity index (χ0n) is 7.09. The van der Waals surface area contributed by atoms with Gasteiger partial charge >= 0.3 is 0 Å². The lowest BCUT2D eigenvalue weighted by molar-refractivity contribution is -0.113. The van der Waals surface area contributed by atoms with Crippen LogP contribution in [0.1, 0.15) is 5.56 Å². The molecule has 0 fully saturated rings. The fraction of sp³-hybridized carbons (Fsp3) is 0. The average Bonchev–Trinajstić information content (AvgIpc) is 2.19. The van der Waals surface area contributed by atoms with E-state index >= 15 is 0 Å². The third-order valence-electron chi connectivity index (χ3n) is 1.44. The maximum atomic E-state index is 10.8. The summed E-state index contributed by atoms with van der Waals surface area (Å²) in [5, 5.41) is 3.12. The quantitative estimate of drug-likeness (QED) is 0.318. The number of halogens is 1. The number of carbonyl (C=O) groups is 1. The molecule has 0 aliphatic rings. The van der Waals surface area contributed by atoms with Gasteiger partial charge in [0.15, 0.2) is 0 Å². The van der Waals surface area contributed by atoms with Gasteiger partial charge in [-0.15, -0.1) is 0 Å². The van der Waals surface area contributed by atoms with Crippen LogP contribution in [0.4, 0.5) is 0 Å². The minimum Gasteiger partial charge on any atom is -0.288 e. The third kappa shape index (κ3) is 2.94. The zero-order chi connectivity index (χ0) is 10.4. The number of hydrogen-bond donors (Lipinski definition) is 0. The molecule has 70 valence electrons. The van der Waals surface area contributed by atoms with Crippen molar-refractivity contribution in [1.29, 1.82) is 0 Å². The Morgan fingerprint density at radius 1 is 1.43 bits per heavy atom. The molecule has 0 bridgehead atoms. The zero-order valence-corrected chi connectivity index (χ0v) is 7.85. The summed E-state index contributed by atoms with van der Waals surface area (Å²) in [4.78, 5) is 13.2. The molecule has 1 amide bonds. The molecule has 0 unspecified atom stereocenters. The molecular formula is C9H6ClN3O. The van der Waals surface area contributed by atoms with Crippen LogP contribution in [0.5, 0.6) is 0 Å². The third-order valence-corrected chi connectivity index (χ3v) is 1.77. The highest BCUT2D eigenvalue weighted by molar-refractivity contribution is 6.50. The Kier molecular flexibility index (Phi) is 3.73. The second-order valence-corrected chi connectivity index (χ2v) is 2.79. The van der Waals surface area contributed by atoms with E-state index in [2.05, 4.69) is 10.0 Å². The topological polar surface area (TPSA) is 65.8 Å². The van der Waals surface area contributed by atoms with Crippen LogP contribution in [0.25, 0.3) is 15.5 Å². The molecule has 0 saturated carbocycles. The van der Waals surface area contributed by atoms with Crippen molar-refractivity contribution in [3.05, 3.63) is 52.4 Å². The molecule has 0 atom stereocenters. The van der Waals surface area contributed by atoms with Crippen LogP contribution in [-0.2, 0) is 4.79 Å². The highest BCUT2D eigenvalue weighted by Gasteiger charge is 1.99. The summed E-state index contributed by atoms with van der Waals surface area (Å²) in [6, 6.07) is 8.93. The molecule has 0 heterocycles. The van der Waals surface area contributed by atoms with Crippen molar-refractivity contribution in [1.82, 2.24) is 0 Å². The number of nitrogens with zero attached hydrogens (tertiary/aromatic N) is 3. The molecule has 0 saturated heterocycles. The van der Waals surface area contributed by atoms with Crippen molar-refractivity contribution in [3.63, 3.8) is 0 Å². The van der Waals surface area contributed by atoms with Crippen molar-refractivity contribution < 1.29 is 4.79 Å². The van der Waals surface area contributed by atoms with Crippen LogP contribution in [0, 0.1) is 0 Å². The molecule has 1 aromatic rings. The van der Waals surface area contributed by atoms with Gasteiger partial charge in [-0.05, 0) is 16.2 Å². The Bertz CT molecular complexity index is 407. The molecule has 0 aromatic heterocycles. The molecule has 0 spiro atoms. The number of amides is 1. The molecule has 5 heteroatoms. The van der Waals surface area contributed by atoms with E-state index in [9.17, 15) is 4.79 Å². The predicted molar refractivity (Wildman–Crippen MR) is 54.4 cm³/mol. The van der Waals surface area contributed by atoms with Gasteiger partial charge in [-0.25, -0.2) is 0 Å². The molecule has 0 N–H and O–H groups in total. The maximum absolute atomic E-state index is 10.8. The first kappa shape index (κ1) is 10.3. The van der Waals surface area contributed by atoms with E-state index < -0.39 is 5.91 Å². The van der Waals surface area contributed by atoms with Gasteiger partial charge in [0.2, 0.25) is 5.91 Å². The molecule has 0 aliphatic heterocycles. The Labute approximate surface area is 85.4 Å². The van der Waals surface area contributed by atoms with Crippen LogP contribution in [-0.4, -0.2) is 5.91 Å². The summed E-state index contributed by atoms with van der Waals surface area (Å²) in [6.45, 7) is 0. The molecule has 0 aliphatic carbocycles. The van der Waals surface area contributed by atoms with E-state index in [1.807, 2.05) is 6.07 Å². The lowest BCUT2D eigenvalue weighted by atomic mass is 10.2. The van der Waals surface area contributed by atoms with Crippen molar-refractivity contribution in [2.24, 2.45) is 5.11 Å². The van der Waals surface area contributed by atoms with Gasteiger partial charge in [-0.2, -0.15) is 0 Å². The SMILES string of the molecule is [N-]=[N+]=NC(=O)/C=C(\Cl)c1ccccc1. The van der Waals surface area contributed by atoms with Gasteiger partial charge in [0.1, 0.15) is 0 Å². The first-order valence-corrected chi connectivity index (χ1v) is 4.13. The largest absolute Gasteiger partial charge is 0.288 e. The van der Waals surface area contributed by atoms with E-state index in [4.69, 9.17) is 17.1 Å². The summed E-state index contributed by atoms with van der Waals surface area (Å²) < 4.78 is 0. The molecule has 1 rings (SSSR count). The van der Waals surface area contributed by atoms with Crippen molar-refractivity contribution >= 4 is 22.5 Å². The predicted octanol–water partition coefficient (Wildman–Crippen LogP) is 3.10. The van der Waals surface area contributed by atoms with E-state index in [1.165, 1.54) is 0 Å². The van der Waals surface area contributed by atoms with Crippen LogP contribution >= 0.6 is 11.6 Å². The number of rotatable bonds is 2. The lowest BCUT2D eigenvalue weighted by Gasteiger charge is -1.95. The van der Waals surface area contributed by atoms with Crippen LogP contribution in [0.2, 0.25) is 0 Å². The number of azide groups is 1. The fourth-order valence-electron chi connectivity index (χ4n) is 0.862. The Morgan fingerprint density at radius 3 is 2.64 bits per heavy atom. The van der Waals surface area contributed by atoms with Gasteiger partial charge < -0.3 is 0 Å². The maximum Gasteiger partial charge on any atom is 0.243 e. The van der Waals surface area contributed by atoms with E-state index in [0.29, 0.717) is 5.56 Å². The Hall–Kier alpha value is -1.77. The first-order valence-electron chi connectivity index (χ1n) is 3.75. The van der Waals surface area contributed by atoms with Gasteiger partial charge in [-0.3, -0.25) is 4.79 Å². The lowest BCUT2D eigenvalue weighted by Crippen LogP contribution is -1.85. The van der Waals surface area contributed by atoms with Gasteiger partial charge in [0.25, 0.3) is 0 Å². The summed E-state index contributed by atoms with van der Waals surface area (Å²) in [5.41, 5.74) is 8.69. The first-order chi connectivity index (χ1) is 6.74. The van der Waals surface area contributed by atoms with Crippen LogP contribution < -0.4 is 0 Å². The van der Waals surface area contributed by atoms with Gasteiger partial charge in [0, 0.05) is 11.0 Å². The summed E-state index contributed by atoms with van der Waals surface area (Å²) in [7, 11) is 0. The van der Waals surface area contributed by atoms with Crippen molar-refractivity contribution in [2.45, 2.75) is 0 Å². The van der Waals surface area contributed by atoms with Crippen LogP contribution in [0.3, 0.4) is 0 Å². The summed E-state index contributed by atoms with van der Waals surface area (Å²) >= 11 is 5.79. The van der Waals surface area contributed by atoms with E-state index in [0.717, 1.165) is 6.08 Å². The fourth-order valence-corrected chi connectivity index (χ4v) is 1.08. The highest BCUT2D eigenvalue weighted by Crippen LogP contribution is 2.17. The monoisotopic (exact) mass is 207 g/mol. The molecule has 0 radical (unpaired) electrons. The minimum atomic E-state index is -0.707. The second kappa shape index (κ2) is 5.07. The normalized spacial score (nSPS) is 10.5. The standard InChI is InChI=1S/C9H6ClN3O/c10-8(6-9(14)12-13-11)7-4-2-1-3-5-7/h1-6H/b8-6-. The number of benzene rings is 1. The van der Waals surface area contributed by atoms with Gasteiger partial charge in [0.05, 0.1) is 5.03 Å². The second-order valence-electron chi connectivity index (χ2n) is 2.39. The van der Waals surface area contributed by atoms with Crippen molar-refractivity contribution in [2.75, 3.05) is 0 Å². The Morgan fingerprint density at radius 2 is 2.07 bits per heavy atom. The van der Waals surface area contributed by atoms with Crippen LogP contribution in [0.15, 0.2) is 41.5 Å². The number of carbonyl (C=O) groups excluding carboxylic acids is 1. The Balaban J connectivity index is 2.90. The summed E-state index contributed by atoms with van der Waals surface area (Å²) in [6.07, 6.45) is 1.08. The van der Waals surface area contributed by atoms with Gasteiger partial charge in [-0.1, -0.05) is 41.9 Å². The van der Waals surface area contributed by atoms with Crippen molar-refractivity contribution in [3.8, 4) is 0 Å². The molecular weight excluding hydrogens is 202 g/mol. The average molecular weight is 208 g/mol. The minimum absolute atomic E-state index is 0.253. The summed E-state index contributed by atoms with van der Waals surface area (Å²) in [5.74, 6) is -0.707. The highest BCUT2D eigenvalue weighted by atomic mass is 35.5. The smallest absolute Gasteiger partial charge is 0.243 e. The molecule has 4 nitrogen and oxygen atoms in total. The molecule has 14 heavy (non-hydrogen) atoms. The molecule has 1 aromatic carbocycles. The van der Waals surface area contributed by atoms with E-state index in [1.54, 1.807) is 24.3 Å². The number of hydrogen-bond acceptors (Lipinski definition) is 1. The van der Waals surface area contributed by atoms with E-state index in [-0.39, 0.29) is 5.03 Å².